The van der Waals surface area contributed by atoms with Gasteiger partial charge in [0.05, 0.1) is 5.69 Å². The lowest BCUT2D eigenvalue weighted by atomic mass is 9.75. The zero-order chi connectivity index (χ0) is 14.6. The molecule has 1 atom stereocenters. The SMILES string of the molecule is COCCCn1cc(C)nc1NC1CCCC(C)(C)C1. The molecule has 0 saturated heterocycles. The Morgan fingerprint density at radius 3 is 3.00 bits per heavy atom. The summed E-state index contributed by atoms with van der Waals surface area (Å²) in [4.78, 5) is 4.64. The van der Waals surface area contributed by atoms with Crippen molar-refractivity contribution in [3.8, 4) is 0 Å². The highest BCUT2D eigenvalue weighted by Gasteiger charge is 2.28. The van der Waals surface area contributed by atoms with E-state index in [1.165, 1.54) is 25.7 Å². The molecule has 0 spiro atoms. The molecular formula is C16H29N3O. The summed E-state index contributed by atoms with van der Waals surface area (Å²) in [6.07, 6.45) is 8.30. The van der Waals surface area contributed by atoms with Crippen LogP contribution < -0.4 is 5.32 Å². The van der Waals surface area contributed by atoms with Gasteiger partial charge in [-0.25, -0.2) is 4.98 Å². The van der Waals surface area contributed by atoms with Gasteiger partial charge < -0.3 is 14.6 Å². The van der Waals surface area contributed by atoms with Crippen molar-refractivity contribution in [1.82, 2.24) is 9.55 Å². The Bertz CT molecular complexity index is 425. The minimum Gasteiger partial charge on any atom is -0.385 e. The summed E-state index contributed by atoms with van der Waals surface area (Å²) in [5.41, 5.74) is 1.54. The van der Waals surface area contributed by atoms with Gasteiger partial charge in [0, 0.05) is 32.5 Å². The molecule has 2 rings (SSSR count). The van der Waals surface area contributed by atoms with E-state index in [0.717, 1.165) is 31.2 Å². The highest BCUT2D eigenvalue weighted by Crippen LogP contribution is 2.36. The maximum atomic E-state index is 5.13. The maximum absolute atomic E-state index is 5.13. The zero-order valence-corrected chi connectivity index (χ0v) is 13.4. The number of anilines is 1. The van der Waals surface area contributed by atoms with Crippen molar-refractivity contribution in [3.05, 3.63) is 11.9 Å². The fraction of sp³-hybridized carbons (Fsp3) is 0.812. The van der Waals surface area contributed by atoms with Crippen LogP contribution in [0, 0.1) is 12.3 Å². The van der Waals surface area contributed by atoms with Gasteiger partial charge in [0.25, 0.3) is 0 Å². The molecule has 0 radical (unpaired) electrons. The molecule has 1 aromatic heterocycles. The van der Waals surface area contributed by atoms with Crippen molar-refractivity contribution >= 4 is 5.95 Å². The molecule has 114 valence electrons. The van der Waals surface area contributed by atoms with Crippen molar-refractivity contribution in [3.63, 3.8) is 0 Å². The minimum atomic E-state index is 0.457. The summed E-state index contributed by atoms with van der Waals surface area (Å²) in [5.74, 6) is 1.03. The number of hydrogen-bond acceptors (Lipinski definition) is 3. The van der Waals surface area contributed by atoms with Crippen LogP contribution in [-0.4, -0.2) is 29.3 Å². The zero-order valence-electron chi connectivity index (χ0n) is 13.4. The molecule has 1 heterocycles. The maximum Gasteiger partial charge on any atom is 0.203 e. The van der Waals surface area contributed by atoms with Gasteiger partial charge in [0.2, 0.25) is 5.95 Å². The number of imidazole rings is 1. The third kappa shape index (κ3) is 4.23. The fourth-order valence-electron chi connectivity index (χ4n) is 3.22. The van der Waals surface area contributed by atoms with E-state index in [9.17, 15) is 0 Å². The Hall–Kier alpha value is -1.03. The van der Waals surface area contributed by atoms with Gasteiger partial charge in [-0.05, 0) is 38.0 Å². The minimum absolute atomic E-state index is 0.457. The van der Waals surface area contributed by atoms with Crippen molar-refractivity contribution in [2.24, 2.45) is 5.41 Å². The number of hydrogen-bond donors (Lipinski definition) is 1. The molecule has 0 bridgehead atoms. The van der Waals surface area contributed by atoms with Crippen LogP contribution in [0.25, 0.3) is 0 Å². The van der Waals surface area contributed by atoms with E-state index in [0.29, 0.717) is 11.5 Å². The second-order valence-corrected chi connectivity index (χ2v) is 6.85. The first-order valence-electron chi connectivity index (χ1n) is 7.79. The number of methoxy groups -OCH3 is 1. The first-order chi connectivity index (χ1) is 9.50. The number of nitrogens with one attached hydrogen (secondary N) is 1. The molecule has 20 heavy (non-hydrogen) atoms. The van der Waals surface area contributed by atoms with E-state index in [4.69, 9.17) is 4.74 Å². The van der Waals surface area contributed by atoms with Gasteiger partial charge in [-0.1, -0.05) is 20.3 Å². The average Bonchev–Trinajstić information content (AvgIpc) is 2.69. The molecule has 0 aromatic carbocycles. The fourth-order valence-corrected chi connectivity index (χ4v) is 3.22. The Balaban J connectivity index is 1.97. The molecule has 4 heteroatoms. The van der Waals surface area contributed by atoms with Crippen LogP contribution in [0.5, 0.6) is 0 Å². The normalized spacial score (nSPS) is 21.9. The summed E-state index contributed by atoms with van der Waals surface area (Å²) >= 11 is 0. The Morgan fingerprint density at radius 1 is 1.50 bits per heavy atom. The predicted molar refractivity (Wildman–Crippen MR) is 83.1 cm³/mol. The lowest BCUT2D eigenvalue weighted by Crippen LogP contribution is -2.32. The third-order valence-corrected chi connectivity index (χ3v) is 4.18. The quantitative estimate of drug-likeness (QED) is 0.809. The summed E-state index contributed by atoms with van der Waals surface area (Å²) < 4.78 is 7.37. The van der Waals surface area contributed by atoms with E-state index in [2.05, 4.69) is 41.8 Å². The number of nitrogens with zero attached hydrogens (tertiary/aromatic N) is 2. The molecule has 4 nitrogen and oxygen atoms in total. The lowest BCUT2D eigenvalue weighted by molar-refractivity contribution is 0.190. The molecule has 0 amide bonds. The van der Waals surface area contributed by atoms with Crippen LogP contribution in [0.4, 0.5) is 5.95 Å². The Morgan fingerprint density at radius 2 is 2.30 bits per heavy atom. The molecular weight excluding hydrogens is 250 g/mol. The van der Waals surface area contributed by atoms with Gasteiger partial charge in [-0.3, -0.25) is 0 Å². The highest BCUT2D eigenvalue weighted by molar-refractivity contribution is 5.30. The second kappa shape index (κ2) is 6.61. The summed E-state index contributed by atoms with van der Waals surface area (Å²) in [7, 11) is 1.75. The summed E-state index contributed by atoms with van der Waals surface area (Å²) in [5, 5.41) is 3.66. The lowest BCUT2D eigenvalue weighted by Gasteiger charge is -2.35. The van der Waals surface area contributed by atoms with Crippen molar-refractivity contribution in [2.45, 2.75) is 65.5 Å². The van der Waals surface area contributed by atoms with E-state index >= 15 is 0 Å². The molecule has 1 aliphatic carbocycles. The third-order valence-electron chi connectivity index (χ3n) is 4.18. The molecule has 1 aliphatic rings. The first kappa shape index (κ1) is 15.4. The molecule has 1 aromatic rings. The van der Waals surface area contributed by atoms with Crippen LogP contribution in [-0.2, 0) is 11.3 Å². The van der Waals surface area contributed by atoms with Crippen LogP contribution >= 0.6 is 0 Å². The summed E-state index contributed by atoms with van der Waals surface area (Å²) in [6.45, 7) is 8.57. The number of ether oxygens (including phenoxy) is 1. The van der Waals surface area contributed by atoms with Crippen LogP contribution in [0.2, 0.25) is 0 Å². The van der Waals surface area contributed by atoms with E-state index in [1.54, 1.807) is 7.11 Å². The second-order valence-electron chi connectivity index (χ2n) is 6.85. The predicted octanol–water partition coefficient (Wildman–Crippen LogP) is 3.61. The smallest absolute Gasteiger partial charge is 0.203 e. The Labute approximate surface area is 122 Å². The van der Waals surface area contributed by atoms with Crippen LogP contribution in [0.15, 0.2) is 6.20 Å². The van der Waals surface area contributed by atoms with Crippen molar-refractivity contribution in [1.29, 1.82) is 0 Å². The standard InChI is InChI=1S/C16H29N3O/c1-13-12-19(9-6-10-20-4)15(17-13)18-14-7-5-8-16(2,3)11-14/h12,14H,5-11H2,1-4H3,(H,17,18). The number of aromatic nitrogens is 2. The molecule has 1 unspecified atom stereocenters. The molecule has 1 N–H and O–H groups in total. The van der Waals surface area contributed by atoms with Gasteiger partial charge in [-0.2, -0.15) is 0 Å². The van der Waals surface area contributed by atoms with E-state index in [1.807, 2.05) is 0 Å². The van der Waals surface area contributed by atoms with Crippen LogP contribution in [0.3, 0.4) is 0 Å². The average molecular weight is 279 g/mol. The monoisotopic (exact) mass is 279 g/mol. The molecule has 0 aliphatic heterocycles. The van der Waals surface area contributed by atoms with E-state index < -0.39 is 0 Å². The van der Waals surface area contributed by atoms with Gasteiger partial charge in [0.1, 0.15) is 0 Å². The largest absolute Gasteiger partial charge is 0.385 e. The van der Waals surface area contributed by atoms with Crippen molar-refractivity contribution < 1.29 is 4.74 Å². The summed E-state index contributed by atoms with van der Waals surface area (Å²) in [6, 6.07) is 0.557. The number of aryl methyl sites for hydroxylation is 2. The number of rotatable bonds is 6. The van der Waals surface area contributed by atoms with Gasteiger partial charge in [-0.15, -0.1) is 0 Å². The van der Waals surface area contributed by atoms with E-state index in [-0.39, 0.29) is 0 Å². The first-order valence-corrected chi connectivity index (χ1v) is 7.79. The molecule has 1 saturated carbocycles. The topological polar surface area (TPSA) is 39.1 Å². The van der Waals surface area contributed by atoms with Crippen LogP contribution in [0.1, 0.15) is 51.6 Å². The Kier molecular flexibility index (Phi) is 5.08. The highest BCUT2D eigenvalue weighted by atomic mass is 16.5. The van der Waals surface area contributed by atoms with Gasteiger partial charge >= 0.3 is 0 Å². The van der Waals surface area contributed by atoms with Crippen molar-refractivity contribution in [2.75, 3.05) is 19.0 Å². The molecule has 1 fully saturated rings. The van der Waals surface area contributed by atoms with Gasteiger partial charge in [0.15, 0.2) is 0 Å².